The fraction of sp³-hybridized carbons (Fsp3) is 0.500. The summed E-state index contributed by atoms with van der Waals surface area (Å²) in [6.45, 7) is 0. The summed E-state index contributed by atoms with van der Waals surface area (Å²) in [5.41, 5.74) is 0. The average Bonchev–Trinajstić information content (AvgIpc) is 2.35. The van der Waals surface area contributed by atoms with Gasteiger partial charge in [-0.25, -0.2) is 19.2 Å². The second-order valence-corrected chi connectivity index (χ2v) is 3.21. The van der Waals surface area contributed by atoms with Crippen LogP contribution in [0.5, 0.6) is 0 Å². The van der Waals surface area contributed by atoms with Crippen LogP contribution in [0, 0.1) is 0 Å². The number of carboxylic acids is 4. The summed E-state index contributed by atoms with van der Waals surface area (Å²) < 4.78 is 127. The molecule has 0 saturated carbocycles. The molecule has 0 bridgehead atoms. The minimum absolute atomic E-state index is 0. The molecule has 8 nitrogen and oxygen atoms in total. The molecule has 0 aromatic carbocycles. The normalized spacial score (nSPS) is 10.5. The fourth-order valence-electron chi connectivity index (χ4n) is 0. The van der Waals surface area contributed by atoms with E-state index < -0.39 is 48.6 Å². The van der Waals surface area contributed by atoms with Gasteiger partial charge in [-0.1, -0.05) is 0 Å². The molecule has 30 heavy (non-hydrogen) atoms. The van der Waals surface area contributed by atoms with Crippen molar-refractivity contribution in [1.82, 2.24) is 0 Å². The van der Waals surface area contributed by atoms with Gasteiger partial charge >= 0.3 is 48.6 Å². The van der Waals surface area contributed by atoms with E-state index in [1.807, 2.05) is 0 Å². The first-order valence-corrected chi connectivity index (χ1v) is 4.98. The molecule has 0 amide bonds. The summed E-state index contributed by atoms with van der Waals surface area (Å²) in [7, 11) is 0. The van der Waals surface area contributed by atoms with Gasteiger partial charge in [0.25, 0.3) is 0 Å². The Morgan fingerprint density at radius 3 is 0.400 bits per heavy atom. The standard InChI is InChI=1S/4C2HF3O2.2Cu/c4*3-2(4,5)1(6)7;;/h4*(H,6,7);;. The van der Waals surface area contributed by atoms with Crippen molar-refractivity contribution < 1.29 is 126 Å². The summed E-state index contributed by atoms with van der Waals surface area (Å²) >= 11 is 0. The molecule has 0 aromatic heterocycles. The molecule has 0 fully saturated rings. The van der Waals surface area contributed by atoms with Gasteiger partial charge in [-0.2, -0.15) is 52.7 Å². The van der Waals surface area contributed by atoms with Crippen LogP contribution in [0.25, 0.3) is 0 Å². The van der Waals surface area contributed by atoms with E-state index in [0.29, 0.717) is 0 Å². The second-order valence-electron chi connectivity index (χ2n) is 3.21. The number of rotatable bonds is 0. The van der Waals surface area contributed by atoms with Crippen molar-refractivity contribution >= 4 is 23.9 Å². The summed E-state index contributed by atoms with van der Waals surface area (Å²) in [4.78, 5) is 35.6. The van der Waals surface area contributed by atoms with Crippen LogP contribution < -0.4 is 0 Å². The molecule has 0 aliphatic rings. The maximum Gasteiger partial charge on any atom is 0.490 e. The molecule has 0 aromatic rings. The van der Waals surface area contributed by atoms with E-state index >= 15 is 0 Å². The Morgan fingerprint density at radius 1 is 0.367 bits per heavy atom. The zero-order valence-electron chi connectivity index (χ0n) is 12.6. The molecule has 0 rings (SSSR count). The van der Waals surface area contributed by atoms with E-state index in [1.165, 1.54) is 0 Å². The number of aliphatic carboxylic acids is 4. The topological polar surface area (TPSA) is 149 Å². The number of alkyl halides is 12. The Hall–Kier alpha value is -1.92. The van der Waals surface area contributed by atoms with Crippen molar-refractivity contribution in [1.29, 1.82) is 0 Å². The predicted molar refractivity (Wildman–Crippen MR) is 54.8 cm³/mol. The van der Waals surface area contributed by atoms with E-state index in [9.17, 15) is 52.7 Å². The molecule has 0 heterocycles. The average molecular weight is 583 g/mol. The summed E-state index contributed by atoms with van der Waals surface area (Å²) in [6, 6.07) is 0. The zero-order valence-corrected chi connectivity index (χ0v) is 14.4. The smallest absolute Gasteiger partial charge is 0.475 e. The van der Waals surface area contributed by atoms with Gasteiger partial charge in [-0.15, -0.1) is 0 Å². The predicted octanol–water partition coefficient (Wildman–Crippen LogP) is 2.53. The van der Waals surface area contributed by atoms with Gasteiger partial charge in [0.15, 0.2) is 0 Å². The molecule has 190 valence electrons. The molecule has 0 unspecified atom stereocenters. The van der Waals surface area contributed by atoms with E-state index in [0.717, 1.165) is 0 Å². The van der Waals surface area contributed by atoms with Gasteiger partial charge in [0, 0.05) is 34.1 Å². The van der Waals surface area contributed by atoms with E-state index in [2.05, 4.69) is 0 Å². The third kappa shape index (κ3) is 33.6. The summed E-state index contributed by atoms with van der Waals surface area (Å²) in [5, 5.41) is 28.5. The van der Waals surface area contributed by atoms with Crippen molar-refractivity contribution in [3.05, 3.63) is 0 Å². The van der Waals surface area contributed by atoms with Crippen LogP contribution in [-0.2, 0) is 53.3 Å². The van der Waals surface area contributed by atoms with Crippen molar-refractivity contribution in [2.24, 2.45) is 0 Å². The van der Waals surface area contributed by atoms with E-state index in [1.54, 1.807) is 0 Å². The molecule has 0 spiro atoms. The first kappa shape index (κ1) is 42.2. The molecule has 4 N–H and O–H groups in total. The van der Waals surface area contributed by atoms with Crippen LogP contribution >= 0.6 is 0 Å². The maximum atomic E-state index is 10.6. The third-order valence-corrected chi connectivity index (χ3v) is 0.970. The van der Waals surface area contributed by atoms with Crippen molar-refractivity contribution in [3.63, 3.8) is 0 Å². The van der Waals surface area contributed by atoms with E-state index in [-0.39, 0.29) is 34.1 Å². The van der Waals surface area contributed by atoms with Crippen LogP contribution in [0.15, 0.2) is 0 Å². The number of hydrogen-bond acceptors (Lipinski definition) is 4. The Kier molecular flexibility index (Phi) is 22.3. The summed E-state index contributed by atoms with van der Waals surface area (Å²) in [5.74, 6) is -11.0. The van der Waals surface area contributed by atoms with Gasteiger partial charge in [-0.05, 0) is 0 Å². The fourth-order valence-corrected chi connectivity index (χ4v) is 0. The van der Waals surface area contributed by atoms with Gasteiger partial charge in [0.05, 0.1) is 0 Å². The molecule has 0 saturated heterocycles. The van der Waals surface area contributed by atoms with Crippen molar-refractivity contribution in [3.8, 4) is 0 Å². The van der Waals surface area contributed by atoms with Crippen LogP contribution in [0.3, 0.4) is 0 Å². The van der Waals surface area contributed by atoms with Gasteiger partial charge in [0.2, 0.25) is 0 Å². The van der Waals surface area contributed by atoms with Crippen LogP contribution in [0.4, 0.5) is 52.7 Å². The van der Waals surface area contributed by atoms with Crippen LogP contribution in [0.2, 0.25) is 0 Å². The number of carboxylic acid groups (broad SMARTS) is 4. The molecular weight excluding hydrogens is 579 g/mol. The molecule has 0 aliphatic heterocycles. The minimum Gasteiger partial charge on any atom is -0.475 e. The molecular formula is C8H4Cu2F12O8. The van der Waals surface area contributed by atoms with Gasteiger partial charge in [-0.3, -0.25) is 0 Å². The first-order valence-electron chi connectivity index (χ1n) is 4.98. The van der Waals surface area contributed by atoms with Crippen LogP contribution in [0.1, 0.15) is 0 Å². The SMILES string of the molecule is O=C(O)C(F)(F)F.O=C(O)C(F)(F)F.O=C(O)C(F)(F)F.O=C(O)C(F)(F)F.[Cu].[Cu]. The zero-order chi connectivity index (χ0) is 24.3. The number of halogens is 12. The monoisotopic (exact) mass is 582 g/mol. The molecule has 2 radical (unpaired) electrons. The largest absolute Gasteiger partial charge is 0.490 e. The van der Waals surface area contributed by atoms with Gasteiger partial charge < -0.3 is 20.4 Å². The Morgan fingerprint density at radius 2 is 0.400 bits per heavy atom. The van der Waals surface area contributed by atoms with Crippen molar-refractivity contribution in [2.45, 2.75) is 24.7 Å². The van der Waals surface area contributed by atoms with Crippen LogP contribution in [-0.4, -0.2) is 69.0 Å². The third-order valence-electron chi connectivity index (χ3n) is 0.970. The van der Waals surface area contributed by atoms with Crippen molar-refractivity contribution in [2.75, 3.05) is 0 Å². The maximum absolute atomic E-state index is 10.6. The minimum atomic E-state index is -5.08. The first-order chi connectivity index (χ1) is 11.8. The molecule has 22 heteroatoms. The Balaban J connectivity index is -0.0000000626. The second kappa shape index (κ2) is 15.9. The number of carbonyl (C=O) groups is 4. The number of hydrogen-bond donors (Lipinski definition) is 4. The quantitative estimate of drug-likeness (QED) is 0.251. The Bertz CT molecular complexity index is 440. The summed E-state index contributed by atoms with van der Waals surface area (Å²) in [6.07, 6.45) is -20.3. The van der Waals surface area contributed by atoms with E-state index in [4.69, 9.17) is 39.6 Å². The molecule has 0 aliphatic carbocycles. The molecule has 0 atom stereocenters. The van der Waals surface area contributed by atoms with Gasteiger partial charge in [0.1, 0.15) is 0 Å². The Labute approximate surface area is 175 Å².